The molecule has 2 N–H and O–H groups in total. The maximum absolute atomic E-state index is 8.77. The highest BCUT2D eigenvalue weighted by Gasteiger charge is 2.32. The Morgan fingerprint density at radius 2 is 1.89 bits per heavy atom. The molecule has 0 saturated heterocycles. The Hall–Kier alpha value is 0.220. The summed E-state index contributed by atoms with van der Waals surface area (Å²) in [6, 6.07) is 8.90. The topological polar surface area (TPSA) is 32.3 Å². The smallest absolute Gasteiger partial charge is 0.0221 e. The van der Waals surface area contributed by atoms with Crippen LogP contribution in [0.2, 0.25) is 0 Å². The van der Waals surface area contributed by atoms with E-state index in [9.17, 15) is 0 Å². The number of hydrogen-bond donors (Lipinski definition) is 2. The largest absolute Gasteiger partial charge is 0.330 e. The highest BCUT2D eigenvalue weighted by atomic mass is 127. The predicted octanol–water partition coefficient (Wildman–Crippen LogP) is 4.33. The second-order valence-corrected chi connectivity index (χ2v) is 7.32. The van der Waals surface area contributed by atoms with E-state index >= 15 is 0 Å². The van der Waals surface area contributed by atoms with Crippen LogP contribution in [-0.2, 0) is 6.42 Å². The van der Waals surface area contributed by atoms with Crippen molar-refractivity contribution in [2.75, 3.05) is 12.3 Å². The molecule has 106 valence electrons. The van der Waals surface area contributed by atoms with Gasteiger partial charge < -0.3 is 9.87 Å². The Bertz CT molecular complexity index is 376. The molecule has 4 heteroatoms. The number of halogens is 1. The summed E-state index contributed by atoms with van der Waals surface area (Å²) in [5.41, 5.74) is 1.73. The molecule has 0 amide bonds. The number of rotatable bonds is 7. The van der Waals surface area contributed by atoms with Gasteiger partial charge in [-0.2, -0.15) is 0 Å². The number of hydrogen-bond acceptors (Lipinski definition) is 3. The van der Waals surface area contributed by atoms with E-state index in [2.05, 4.69) is 52.2 Å². The van der Waals surface area contributed by atoms with Gasteiger partial charge in [0.05, 0.1) is 0 Å². The zero-order valence-electron chi connectivity index (χ0n) is 11.2. The summed E-state index contributed by atoms with van der Waals surface area (Å²) in [7, 11) is 0. The first-order chi connectivity index (χ1) is 9.24. The summed E-state index contributed by atoms with van der Waals surface area (Å²) in [5, 5.41) is 3.77. The van der Waals surface area contributed by atoms with Gasteiger partial charge in [0, 0.05) is 14.9 Å². The van der Waals surface area contributed by atoms with Gasteiger partial charge in [-0.15, -0.1) is 0 Å². The normalized spacial score (nSPS) is 17.8. The second kappa shape index (κ2) is 7.86. The Morgan fingerprint density at radius 3 is 2.53 bits per heavy atom. The standard InChI is InChI=1S/C15H22INOS/c16-14-6-4-13(5-7-14)12-15(8-1-2-9-15)17-10-3-11-19-18/h4-7,17-18H,1-3,8-12H2. The van der Waals surface area contributed by atoms with Gasteiger partial charge in [-0.1, -0.05) is 25.0 Å². The summed E-state index contributed by atoms with van der Waals surface area (Å²) in [6.07, 6.45) is 7.42. The van der Waals surface area contributed by atoms with Crippen LogP contribution >= 0.6 is 34.6 Å². The summed E-state index contributed by atoms with van der Waals surface area (Å²) < 4.78 is 10.1. The fourth-order valence-electron chi connectivity index (χ4n) is 2.95. The highest BCUT2D eigenvalue weighted by Crippen LogP contribution is 2.33. The van der Waals surface area contributed by atoms with Crippen molar-refractivity contribution in [2.24, 2.45) is 0 Å². The van der Waals surface area contributed by atoms with Gasteiger partial charge in [0.15, 0.2) is 0 Å². The number of nitrogens with one attached hydrogen (secondary N) is 1. The first-order valence-corrected chi connectivity index (χ1v) is 9.02. The van der Waals surface area contributed by atoms with E-state index < -0.39 is 0 Å². The van der Waals surface area contributed by atoms with Crippen LogP contribution < -0.4 is 5.32 Å². The zero-order valence-corrected chi connectivity index (χ0v) is 14.2. The maximum atomic E-state index is 8.77. The van der Waals surface area contributed by atoms with Crippen molar-refractivity contribution in [3.8, 4) is 0 Å². The molecular formula is C15H22INOS. The predicted molar refractivity (Wildman–Crippen MR) is 91.8 cm³/mol. The van der Waals surface area contributed by atoms with Crippen LogP contribution in [0.4, 0.5) is 0 Å². The third-order valence-electron chi connectivity index (χ3n) is 3.93. The molecule has 1 saturated carbocycles. The minimum atomic E-state index is 0.299. The van der Waals surface area contributed by atoms with Crippen molar-refractivity contribution < 1.29 is 4.55 Å². The van der Waals surface area contributed by atoms with E-state index in [1.165, 1.54) is 34.8 Å². The van der Waals surface area contributed by atoms with E-state index in [-0.39, 0.29) is 0 Å². The number of benzene rings is 1. The summed E-state index contributed by atoms with van der Waals surface area (Å²) in [4.78, 5) is 0. The van der Waals surface area contributed by atoms with Crippen LogP contribution in [0.15, 0.2) is 24.3 Å². The quantitative estimate of drug-likeness (QED) is 0.412. The van der Waals surface area contributed by atoms with Crippen LogP contribution in [0.3, 0.4) is 0 Å². The molecule has 1 aliphatic carbocycles. The van der Waals surface area contributed by atoms with Gasteiger partial charge in [0.2, 0.25) is 0 Å². The molecule has 1 fully saturated rings. The van der Waals surface area contributed by atoms with E-state index in [1.807, 2.05) is 0 Å². The SMILES string of the molecule is OSCCCNC1(Cc2ccc(I)cc2)CCCC1. The van der Waals surface area contributed by atoms with Gasteiger partial charge in [-0.25, -0.2) is 0 Å². The van der Waals surface area contributed by atoms with Gasteiger partial charge in [-0.05, 0) is 84.6 Å². The zero-order chi connectivity index (χ0) is 13.6. The summed E-state index contributed by atoms with van der Waals surface area (Å²) >= 11 is 3.30. The lowest BCUT2D eigenvalue weighted by Gasteiger charge is -2.31. The average molecular weight is 391 g/mol. The average Bonchev–Trinajstić information content (AvgIpc) is 2.87. The molecule has 0 bridgehead atoms. The van der Waals surface area contributed by atoms with Crippen molar-refractivity contribution in [2.45, 2.75) is 44.1 Å². The minimum absolute atomic E-state index is 0.299. The molecule has 2 nitrogen and oxygen atoms in total. The lowest BCUT2D eigenvalue weighted by molar-refractivity contribution is 0.330. The molecule has 0 aromatic heterocycles. The maximum Gasteiger partial charge on any atom is 0.0221 e. The molecule has 0 unspecified atom stereocenters. The molecule has 0 heterocycles. The van der Waals surface area contributed by atoms with E-state index in [0.717, 1.165) is 37.2 Å². The fraction of sp³-hybridized carbons (Fsp3) is 0.600. The van der Waals surface area contributed by atoms with Crippen molar-refractivity contribution in [1.82, 2.24) is 5.32 Å². The lowest BCUT2D eigenvalue weighted by atomic mass is 9.89. The van der Waals surface area contributed by atoms with Crippen molar-refractivity contribution in [3.05, 3.63) is 33.4 Å². The third kappa shape index (κ3) is 4.92. The van der Waals surface area contributed by atoms with Crippen LogP contribution in [0.5, 0.6) is 0 Å². The van der Waals surface area contributed by atoms with Crippen LogP contribution in [-0.4, -0.2) is 22.4 Å². The van der Waals surface area contributed by atoms with Gasteiger partial charge >= 0.3 is 0 Å². The first kappa shape index (κ1) is 15.6. The van der Waals surface area contributed by atoms with Gasteiger partial charge in [0.1, 0.15) is 0 Å². The van der Waals surface area contributed by atoms with E-state index in [4.69, 9.17) is 4.55 Å². The molecule has 0 spiro atoms. The molecule has 1 aliphatic rings. The summed E-state index contributed by atoms with van der Waals surface area (Å²) in [6.45, 7) is 1.01. The van der Waals surface area contributed by atoms with E-state index in [1.54, 1.807) is 0 Å². The monoisotopic (exact) mass is 391 g/mol. The van der Waals surface area contributed by atoms with Crippen molar-refractivity contribution >= 4 is 34.6 Å². The highest BCUT2D eigenvalue weighted by molar-refractivity contribution is 14.1. The molecule has 1 aromatic rings. The first-order valence-electron chi connectivity index (χ1n) is 7.00. The lowest BCUT2D eigenvalue weighted by Crippen LogP contribution is -2.45. The van der Waals surface area contributed by atoms with Crippen LogP contribution in [0, 0.1) is 3.57 Å². The Kier molecular flexibility index (Phi) is 6.45. The molecular weight excluding hydrogens is 369 g/mol. The van der Waals surface area contributed by atoms with Gasteiger partial charge in [-0.3, -0.25) is 0 Å². The van der Waals surface area contributed by atoms with Gasteiger partial charge in [0.25, 0.3) is 0 Å². The third-order valence-corrected chi connectivity index (χ3v) is 5.12. The van der Waals surface area contributed by atoms with Crippen LogP contribution in [0.1, 0.15) is 37.7 Å². The molecule has 0 radical (unpaired) electrons. The fourth-order valence-corrected chi connectivity index (χ4v) is 3.58. The molecule has 1 aromatic carbocycles. The molecule has 19 heavy (non-hydrogen) atoms. The van der Waals surface area contributed by atoms with Crippen molar-refractivity contribution in [3.63, 3.8) is 0 Å². The second-order valence-electron chi connectivity index (χ2n) is 5.40. The molecule has 2 rings (SSSR count). The Morgan fingerprint density at radius 1 is 1.21 bits per heavy atom. The Balaban J connectivity index is 1.93. The van der Waals surface area contributed by atoms with Crippen molar-refractivity contribution in [1.29, 1.82) is 0 Å². The molecule has 0 aliphatic heterocycles. The summed E-state index contributed by atoms with van der Waals surface area (Å²) in [5.74, 6) is 0.826. The van der Waals surface area contributed by atoms with E-state index in [0.29, 0.717) is 5.54 Å². The Labute approximate surface area is 134 Å². The van der Waals surface area contributed by atoms with Crippen LogP contribution in [0.25, 0.3) is 0 Å². The molecule has 0 atom stereocenters. The minimum Gasteiger partial charge on any atom is -0.330 e.